The van der Waals surface area contributed by atoms with Crippen LogP contribution in [0.5, 0.6) is 11.5 Å². The summed E-state index contributed by atoms with van der Waals surface area (Å²) in [5.41, 5.74) is 0.962. The number of rotatable bonds is 1. The molecule has 1 aliphatic rings. The molecule has 1 heterocycles. The van der Waals surface area contributed by atoms with Gasteiger partial charge in [0, 0.05) is 18.5 Å². The first-order valence-corrected chi connectivity index (χ1v) is 4.89. The highest BCUT2D eigenvalue weighted by Gasteiger charge is 2.21. The summed E-state index contributed by atoms with van der Waals surface area (Å²) in [6.45, 7) is 1.73. The number of hydrogen-bond acceptors (Lipinski definition) is 4. The molecule has 0 bridgehead atoms. The van der Waals surface area contributed by atoms with E-state index in [1.807, 2.05) is 6.07 Å². The van der Waals surface area contributed by atoms with Crippen LogP contribution in [0.25, 0.3) is 0 Å². The fourth-order valence-electron chi connectivity index (χ4n) is 1.93. The molecule has 0 aliphatic carbocycles. The van der Waals surface area contributed by atoms with Gasteiger partial charge in [0.1, 0.15) is 17.6 Å². The predicted molar refractivity (Wildman–Crippen MR) is 54.7 cm³/mol. The third-order valence-corrected chi connectivity index (χ3v) is 2.77. The van der Waals surface area contributed by atoms with E-state index in [0.29, 0.717) is 0 Å². The van der Waals surface area contributed by atoms with E-state index in [1.54, 1.807) is 6.07 Å². The molecule has 4 nitrogen and oxygen atoms in total. The summed E-state index contributed by atoms with van der Waals surface area (Å²) in [6, 6.07) is 4.72. The van der Waals surface area contributed by atoms with Crippen LogP contribution in [0.3, 0.4) is 0 Å². The van der Waals surface area contributed by atoms with Crippen LogP contribution in [0.4, 0.5) is 0 Å². The van der Waals surface area contributed by atoms with E-state index < -0.39 is 0 Å². The highest BCUT2D eigenvalue weighted by atomic mass is 16.3. The van der Waals surface area contributed by atoms with E-state index in [-0.39, 0.29) is 23.0 Å². The van der Waals surface area contributed by atoms with Crippen LogP contribution in [0.1, 0.15) is 23.5 Å². The summed E-state index contributed by atoms with van der Waals surface area (Å²) >= 11 is 0. The summed E-state index contributed by atoms with van der Waals surface area (Å²) < 4.78 is 0. The maximum atomic E-state index is 9.67. The molecule has 1 fully saturated rings. The van der Waals surface area contributed by atoms with Crippen molar-refractivity contribution in [1.29, 1.82) is 5.26 Å². The van der Waals surface area contributed by atoms with E-state index in [0.717, 1.165) is 25.1 Å². The number of nitrogens with one attached hydrogen (secondary N) is 1. The van der Waals surface area contributed by atoms with Gasteiger partial charge in [0.2, 0.25) is 0 Å². The maximum Gasteiger partial charge on any atom is 0.137 e. The Balaban J connectivity index is 2.42. The quantitative estimate of drug-likeness (QED) is 0.639. The molecule has 1 atom stereocenters. The van der Waals surface area contributed by atoms with Crippen molar-refractivity contribution in [3.05, 3.63) is 23.3 Å². The molecule has 0 radical (unpaired) electrons. The van der Waals surface area contributed by atoms with Crippen LogP contribution in [0.2, 0.25) is 0 Å². The molecule has 2 rings (SSSR count). The minimum absolute atomic E-state index is 0.0696. The average molecular weight is 204 g/mol. The molecule has 1 aliphatic heterocycles. The van der Waals surface area contributed by atoms with Crippen molar-refractivity contribution in [2.75, 3.05) is 13.1 Å². The third-order valence-electron chi connectivity index (χ3n) is 2.77. The van der Waals surface area contributed by atoms with Crippen molar-refractivity contribution in [3.63, 3.8) is 0 Å². The second kappa shape index (κ2) is 3.79. The van der Waals surface area contributed by atoms with Gasteiger partial charge in [0.25, 0.3) is 0 Å². The SMILES string of the molecule is N#Cc1cc(C2CCNC2)c(O)cc1O. The first kappa shape index (κ1) is 9.81. The van der Waals surface area contributed by atoms with Crippen molar-refractivity contribution < 1.29 is 10.2 Å². The van der Waals surface area contributed by atoms with Gasteiger partial charge in [-0.1, -0.05) is 0 Å². The van der Waals surface area contributed by atoms with Gasteiger partial charge in [-0.05, 0) is 24.6 Å². The van der Waals surface area contributed by atoms with Crippen molar-refractivity contribution >= 4 is 0 Å². The lowest BCUT2D eigenvalue weighted by Gasteiger charge is -2.11. The van der Waals surface area contributed by atoms with E-state index in [4.69, 9.17) is 5.26 Å². The lowest BCUT2D eigenvalue weighted by atomic mass is 9.95. The van der Waals surface area contributed by atoms with Crippen LogP contribution < -0.4 is 5.32 Å². The van der Waals surface area contributed by atoms with Crippen LogP contribution >= 0.6 is 0 Å². The predicted octanol–water partition coefficient (Wildman–Crippen LogP) is 1.05. The fourth-order valence-corrected chi connectivity index (χ4v) is 1.93. The molecular formula is C11H12N2O2. The minimum Gasteiger partial charge on any atom is -0.508 e. The topological polar surface area (TPSA) is 76.3 Å². The van der Waals surface area contributed by atoms with Gasteiger partial charge in [-0.3, -0.25) is 0 Å². The average Bonchev–Trinajstić information content (AvgIpc) is 2.71. The molecule has 0 amide bonds. The smallest absolute Gasteiger partial charge is 0.137 e. The van der Waals surface area contributed by atoms with E-state index in [1.165, 1.54) is 6.07 Å². The first-order valence-electron chi connectivity index (χ1n) is 4.89. The second-order valence-corrected chi connectivity index (χ2v) is 3.73. The molecule has 1 saturated heterocycles. The molecule has 4 heteroatoms. The molecule has 15 heavy (non-hydrogen) atoms. The Morgan fingerprint density at radius 2 is 2.13 bits per heavy atom. The zero-order valence-corrected chi connectivity index (χ0v) is 8.20. The molecule has 3 N–H and O–H groups in total. The maximum absolute atomic E-state index is 9.67. The number of phenols is 2. The van der Waals surface area contributed by atoms with Gasteiger partial charge in [-0.2, -0.15) is 5.26 Å². The normalized spacial score (nSPS) is 20.1. The molecule has 1 aromatic rings. The van der Waals surface area contributed by atoms with Crippen LogP contribution in [0, 0.1) is 11.3 Å². The van der Waals surface area contributed by atoms with Gasteiger partial charge < -0.3 is 15.5 Å². The molecule has 78 valence electrons. The van der Waals surface area contributed by atoms with Gasteiger partial charge in [-0.15, -0.1) is 0 Å². The Kier molecular flexibility index (Phi) is 2.48. The number of nitriles is 1. The van der Waals surface area contributed by atoms with Gasteiger partial charge >= 0.3 is 0 Å². The van der Waals surface area contributed by atoms with Crippen molar-refractivity contribution in [1.82, 2.24) is 5.32 Å². The number of phenolic OH excluding ortho intramolecular Hbond substituents is 2. The highest BCUT2D eigenvalue weighted by Crippen LogP contribution is 2.34. The molecule has 0 saturated carbocycles. The minimum atomic E-state index is -0.162. The van der Waals surface area contributed by atoms with Crippen LogP contribution in [0.15, 0.2) is 12.1 Å². The Bertz CT molecular complexity index is 417. The van der Waals surface area contributed by atoms with E-state index >= 15 is 0 Å². The summed E-state index contributed by atoms with van der Waals surface area (Å²) in [7, 11) is 0. The zero-order valence-electron chi connectivity index (χ0n) is 8.20. The molecule has 0 spiro atoms. The Labute approximate surface area is 87.8 Å². The fraction of sp³-hybridized carbons (Fsp3) is 0.364. The van der Waals surface area contributed by atoms with E-state index in [2.05, 4.69) is 5.32 Å². The van der Waals surface area contributed by atoms with Crippen molar-refractivity contribution in [2.24, 2.45) is 0 Å². The summed E-state index contributed by atoms with van der Waals surface area (Å²) in [5, 5.41) is 31.0. The van der Waals surface area contributed by atoms with Crippen molar-refractivity contribution in [3.8, 4) is 17.6 Å². The Morgan fingerprint density at radius 3 is 2.73 bits per heavy atom. The zero-order chi connectivity index (χ0) is 10.8. The number of benzene rings is 1. The molecule has 1 aromatic carbocycles. The van der Waals surface area contributed by atoms with Gasteiger partial charge in [0.05, 0.1) is 5.56 Å². The summed E-state index contributed by atoms with van der Waals surface area (Å²) in [6.07, 6.45) is 0.948. The highest BCUT2D eigenvalue weighted by molar-refractivity contribution is 5.52. The number of nitrogens with zero attached hydrogens (tertiary/aromatic N) is 1. The van der Waals surface area contributed by atoms with Crippen molar-refractivity contribution in [2.45, 2.75) is 12.3 Å². The monoisotopic (exact) mass is 204 g/mol. The number of hydrogen-bond donors (Lipinski definition) is 3. The standard InChI is InChI=1S/C11H12N2O2/c12-5-8-3-9(7-1-2-13-6-7)11(15)4-10(8)14/h3-4,7,13-15H,1-2,6H2. The van der Waals surface area contributed by atoms with Gasteiger partial charge in [-0.25, -0.2) is 0 Å². The van der Waals surface area contributed by atoms with E-state index in [9.17, 15) is 10.2 Å². The first-order chi connectivity index (χ1) is 7.22. The summed E-state index contributed by atoms with van der Waals surface area (Å²) in [5.74, 6) is 0.141. The molecule has 0 aromatic heterocycles. The third kappa shape index (κ3) is 1.74. The largest absolute Gasteiger partial charge is 0.508 e. The Hall–Kier alpha value is -1.73. The summed E-state index contributed by atoms with van der Waals surface area (Å²) in [4.78, 5) is 0. The van der Waals surface area contributed by atoms with Crippen LogP contribution in [-0.2, 0) is 0 Å². The lowest BCUT2D eigenvalue weighted by molar-refractivity contribution is 0.441. The molecular weight excluding hydrogens is 192 g/mol. The molecule has 1 unspecified atom stereocenters. The van der Waals surface area contributed by atoms with Gasteiger partial charge in [0.15, 0.2) is 0 Å². The Morgan fingerprint density at radius 1 is 1.33 bits per heavy atom. The second-order valence-electron chi connectivity index (χ2n) is 3.73. The lowest BCUT2D eigenvalue weighted by Crippen LogP contribution is -2.08. The number of aromatic hydroxyl groups is 2. The van der Waals surface area contributed by atoms with Crippen LogP contribution in [-0.4, -0.2) is 23.3 Å².